The van der Waals surface area contributed by atoms with E-state index in [1.165, 1.54) is 15.6 Å². The fourth-order valence-electron chi connectivity index (χ4n) is 3.79. The number of hydrogen-bond donors (Lipinski definition) is 0. The molecule has 1 aliphatic heterocycles. The first-order chi connectivity index (χ1) is 15.0. The van der Waals surface area contributed by atoms with Crippen molar-refractivity contribution < 1.29 is 18.3 Å². The Balaban J connectivity index is 1.65. The summed E-state index contributed by atoms with van der Waals surface area (Å²) in [7, 11) is 0. The minimum atomic E-state index is -2.50. The third-order valence-electron chi connectivity index (χ3n) is 5.29. The van der Waals surface area contributed by atoms with E-state index in [0.29, 0.717) is 35.2 Å². The highest BCUT2D eigenvalue weighted by Gasteiger charge is 2.27. The topological polar surface area (TPSA) is 72.9 Å². The molecule has 2 heterocycles. The van der Waals surface area contributed by atoms with E-state index in [4.69, 9.17) is 16.3 Å². The third kappa shape index (κ3) is 4.64. The molecule has 0 radical (unpaired) electrons. The van der Waals surface area contributed by atoms with Crippen LogP contribution in [0.5, 0.6) is 0 Å². The largest absolute Gasteiger partial charge is 0.755 e. The first-order valence-corrected chi connectivity index (χ1v) is 12.4. The first kappa shape index (κ1) is 23.0. The van der Waals surface area contributed by atoms with Gasteiger partial charge in [0, 0.05) is 22.8 Å². The lowest BCUT2D eigenvalue weighted by Gasteiger charge is -2.32. The number of thiophene rings is 1. The number of ether oxygens (including phenoxy) is 1. The smallest absolute Gasteiger partial charge is 0.410 e. The van der Waals surface area contributed by atoms with E-state index in [1.807, 2.05) is 52.0 Å². The van der Waals surface area contributed by atoms with Crippen molar-refractivity contribution in [2.24, 2.45) is 0 Å². The standard InChI is InChI=1S/C23H25ClN2O4S2/c1-14-19-12-17(24)6-8-20(19)31-21(14)26(32(28)29)18-7-5-16-13-25(10-9-15(16)11-18)22(27)30-23(2,3)4/h5-8,11-12H,9-10,13H2,1-4H3,(H,28,29)/p-1. The van der Waals surface area contributed by atoms with E-state index < -0.39 is 16.9 Å². The lowest BCUT2D eigenvalue weighted by Crippen LogP contribution is -2.39. The molecule has 0 saturated heterocycles. The van der Waals surface area contributed by atoms with Crippen LogP contribution in [0.25, 0.3) is 10.1 Å². The molecule has 1 atom stereocenters. The van der Waals surface area contributed by atoms with E-state index in [0.717, 1.165) is 26.8 Å². The normalized spacial score (nSPS) is 14.9. The van der Waals surface area contributed by atoms with Gasteiger partial charge in [0.1, 0.15) is 10.6 Å². The quantitative estimate of drug-likeness (QED) is 0.415. The van der Waals surface area contributed by atoms with Crippen LogP contribution in [0.4, 0.5) is 15.5 Å². The van der Waals surface area contributed by atoms with Gasteiger partial charge in [0.15, 0.2) is 0 Å². The summed E-state index contributed by atoms with van der Waals surface area (Å²) in [5.41, 5.74) is 2.91. The van der Waals surface area contributed by atoms with Gasteiger partial charge in [-0.15, -0.1) is 11.3 Å². The SMILES string of the molecule is Cc1c(N(c2ccc3c(c2)CCN(C(=O)OC(C)(C)C)C3)S(=O)[O-])sc2ccc(Cl)cc12. The second-order valence-electron chi connectivity index (χ2n) is 8.79. The fourth-order valence-corrected chi connectivity index (χ4v) is 5.94. The van der Waals surface area contributed by atoms with Crippen LogP contribution in [0.2, 0.25) is 5.02 Å². The zero-order valence-corrected chi connectivity index (χ0v) is 20.7. The molecule has 170 valence electrons. The van der Waals surface area contributed by atoms with Gasteiger partial charge in [-0.05, 0) is 86.5 Å². The van der Waals surface area contributed by atoms with Gasteiger partial charge in [-0.3, -0.25) is 8.51 Å². The van der Waals surface area contributed by atoms with Crippen molar-refractivity contribution in [2.45, 2.75) is 46.3 Å². The third-order valence-corrected chi connectivity index (χ3v) is 7.60. The number of fused-ring (bicyclic) bond motifs is 2. The summed E-state index contributed by atoms with van der Waals surface area (Å²) in [5.74, 6) is 0. The molecular formula is C23H24ClN2O4S2-. The Morgan fingerprint density at radius 3 is 2.66 bits per heavy atom. The second kappa shape index (κ2) is 8.67. The lowest BCUT2D eigenvalue weighted by molar-refractivity contribution is 0.0224. The van der Waals surface area contributed by atoms with Crippen molar-refractivity contribution in [3.63, 3.8) is 0 Å². The predicted molar refractivity (Wildman–Crippen MR) is 129 cm³/mol. The lowest BCUT2D eigenvalue weighted by atomic mass is 9.99. The minimum Gasteiger partial charge on any atom is -0.755 e. The van der Waals surface area contributed by atoms with E-state index >= 15 is 0 Å². The van der Waals surface area contributed by atoms with Crippen LogP contribution in [0.1, 0.15) is 37.5 Å². The van der Waals surface area contributed by atoms with Crippen LogP contribution in [0.15, 0.2) is 36.4 Å². The molecule has 3 aromatic rings. The maximum Gasteiger partial charge on any atom is 0.410 e. The Kier molecular flexibility index (Phi) is 6.24. The van der Waals surface area contributed by atoms with Crippen molar-refractivity contribution in [2.75, 3.05) is 10.8 Å². The summed E-state index contributed by atoms with van der Waals surface area (Å²) in [6.07, 6.45) is 0.289. The minimum absolute atomic E-state index is 0.339. The van der Waals surface area contributed by atoms with Crippen LogP contribution in [0, 0.1) is 6.92 Å². The number of hydrogen-bond acceptors (Lipinski definition) is 5. The van der Waals surface area contributed by atoms with Gasteiger partial charge < -0.3 is 14.2 Å². The predicted octanol–water partition coefficient (Wildman–Crippen LogP) is 6.09. The van der Waals surface area contributed by atoms with Gasteiger partial charge in [-0.2, -0.15) is 0 Å². The number of halogens is 1. The van der Waals surface area contributed by atoms with Gasteiger partial charge in [0.2, 0.25) is 0 Å². The highest BCUT2D eigenvalue weighted by atomic mass is 35.5. The number of aryl methyl sites for hydroxylation is 1. The van der Waals surface area contributed by atoms with Crippen LogP contribution < -0.4 is 4.31 Å². The molecule has 1 aliphatic rings. The number of benzene rings is 2. The highest BCUT2D eigenvalue weighted by Crippen LogP contribution is 2.42. The summed E-state index contributed by atoms with van der Waals surface area (Å²) in [6.45, 7) is 8.39. The number of amides is 1. The van der Waals surface area contributed by atoms with Gasteiger partial charge in [-0.1, -0.05) is 17.7 Å². The molecule has 0 fully saturated rings. The van der Waals surface area contributed by atoms with Crippen LogP contribution in [-0.4, -0.2) is 31.9 Å². The molecule has 1 aromatic heterocycles. The molecular weight excluding hydrogens is 468 g/mol. The van der Waals surface area contributed by atoms with Crippen LogP contribution in [0.3, 0.4) is 0 Å². The van der Waals surface area contributed by atoms with Crippen LogP contribution >= 0.6 is 22.9 Å². The Labute approximate surface area is 199 Å². The molecule has 6 nitrogen and oxygen atoms in total. The zero-order chi connectivity index (χ0) is 23.2. The highest BCUT2D eigenvalue weighted by molar-refractivity contribution is 7.81. The van der Waals surface area contributed by atoms with Crippen molar-refractivity contribution in [1.29, 1.82) is 0 Å². The van der Waals surface area contributed by atoms with E-state index in [-0.39, 0.29) is 6.09 Å². The fraction of sp³-hybridized carbons (Fsp3) is 0.348. The summed E-state index contributed by atoms with van der Waals surface area (Å²) >= 11 is 5.06. The second-order valence-corrected chi connectivity index (χ2v) is 11.1. The maximum absolute atomic E-state index is 12.4. The van der Waals surface area contributed by atoms with Gasteiger partial charge >= 0.3 is 6.09 Å². The molecule has 1 unspecified atom stereocenters. The molecule has 32 heavy (non-hydrogen) atoms. The summed E-state index contributed by atoms with van der Waals surface area (Å²) in [5, 5.41) is 2.20. The van der Waals surface area contributed by atoms with Crippen LogP contribution in [-0.2, 0) is 29.0 Å². The molecule has 9 heteroatoms. The Bertz CT molecular complexity index is 1220. The monoisotopic (exact) mass is 491 g/mol. The van der Waals surface area contributed by atoms with Crippen molar-refractivity contribution in [3.8, 4) is 0 Å². The van der Waals surface area contributed by atoms with E-state index in [1.54, 1.807) is 17.0 Å². The molecule has 0 N–H and O–H groups in total. The molecule has 1 amide bonds. The number of carbonyl (C=O) groups excluding carboxylic acids is 1. The van der Waals surface area contributed by atoms with Gasteiger partial charge in [0.05, 0.1) is 17.0 Å². The summed E-state index contributed by atoms with van der Waals surface area (Å²) in [4.78, 5) is 14.1. The maximum atomic E-state index is 12.4. The molecule has 4 rings (SSSR count). The Morgan fingerprint density at radius 1 is 1.22 bits per heavy atom. The zero-order valence-electron chi connectivity index (χ0n) is 18.3. The van der Waals surface area contributed by atoms with Crippen molar-refractivity contribution in [3.05, 3.63) is 58.1 Å². The van der Waals surface area contributed by atoms with E-state index in [9.17, 15) is 13.6 Å². The van der Waals surface area contributed by atoms with Crippen molar-refractivity contribution in [1.82, 2.24) is 4.90 Å². The Morgan fingerprint density at radius 2 is 1.97 bits per heavy atom. The number of nitrogens with zero attached hydrogens (tertiary/aromatic N) is 2. The average molecular weight is 492 g/mol. The summed E-state index contributed by atoms with van der Waals surface area (Å²) < 4.78 is 32.3. The van der Waals surface area contributed by atoms with Gasteiger partial charge in [0.25, 0.3) is 0 Å². The number of anilines is 2. The average Bonchev–Trinajstić information content (AvgIpc) is 3.02. The Hall–Kier alpha value is -2.13. The van der Waals surface area contributed by atoms with E-state index in [2.05, 4.69) is 0 Å². The first-order valence-electron chi connectivity index (χ1n) is 10.2. The molecule has 0 spiro atoms. The molecule has 0 saturated carbocycles. The number of rotatable bonds is 3. The van der Waals surface area contributed by atoms with Crippen molar-refractivity contribution >= 4 is 61.1 Å². The van der Waals surface area contributed by atoms with Gasteiger partial charge in [-0.25, -0.2) is 4.79 Å². The molecule has 0 bridgehead atoms. The number of carbonyl (C=O) groups is 1. The molecule has 2 aromatic carbocycles. The summed E-state index contributed by atoms with van der Waals surface area (Å²) in [6, 6.07) is 11.1. The molecule has 0 aliphatic carbocycles.